The van der Waals surface area contributed by atoms with Gasteiger partial charge in [-0.25, -0.2) is 0 Å². The van der Waals surface area contributed by atoms with Crippen molar-refractivity contribution >= 4 is 19.4 Å². The molecule has 0 saturated heterocycles. The van der Waals surface area contributed by atoms with Crippen molar-refractivity contribution in [2.24, 2.45) is 5.73 Å². The Morgan fingerprint density at radius 2 is 1.71 bits per heavy atom. The number of primary amides is 1. The van der Waals surface area contributed by atoms with Crippen LogP contribution < -0.4 is 11.1 Å². The van der Waals surface area contributed by atoms with E-state index >= 15 is 0 Å². The fraction of sp³-hybridized carbons (Fsp3) is 0.318. The molecular formula is C22H26N3O5P. The number of nitrogens with one attached hydrogen (secondary N) is 1. The molecule has 31 heavy (non-hydrogen) atoms. The second-order valence-corrected chi connectivity index (χ2v) is 8.76. The van der Waals surface area contributed by atoms with Gasteiger partial charge < -0.3 is 20.1 Å². The van der Waals surface area contributed by atoms with E-state index < -0.39 is 25.5 Å². The van der Waals surface area contributed by atoms with Crippen LogP contribution in [0, 0.1) is 11.3 Å². The zero-order chi connectivity index (χ0) is 22.9. The van der Waals surface area contributed by atoms with Crippen LogP contribution in [0.5, 0.6) is 0 Å². The number of nitrogens with two attached hydrogens (primary N) is 1. The molecule has 3 N–H and O–H groups in total. The first-order valence-electron chi connectivity index (χ1n) is 9.87. The topological polar surface area (TPSA) is 132 Å². The van der Waals surface area contributed by atoms with Gasteiger partial charge in [0.15, 0.2) is 0 Å². The Morgan fingerprint density at radius 1 is 1.10 bits per heavy atom. The summed E-state index contributed by atoms with van der Waals surface area (Å²) in [6.07, 6.45) is 0.195. The van der Waals surface area contributed by atoms with Gasteiger partial charge in [0.2, 0.25) is 5.91 Å². The minimum absolute atomic E-state index is 0.0887. The smallest absolute Gasteiger partial charge is 0.335 e. The number of carbonyl (C=O) groups excluding carboxylic acids is 2. The van der Waals surface area contributed by atoms with Crippen LogP contribution in [-0.4, -0.2) is 31.1 Å². The van der Waals surface area contributed by atoms with Crippen LogP contribution in [0.1, 0.15) is 40.9 Å². The lowest BCUT2D eigenvalue weighted by molar-refractivity contribution is -0.119. The normalized spacial score (nSPS) is 12.0. The highest BCUT2D eigenvalue weighted by Gasteiger charge is 2.25. The Morgan fingerprint density at radius 3 is 2.26 bits per heavy atom. The Hall–Kier alpha value is -2.98. The van der Waals surface area contributed by atoms with Crippen molar-refractivity contribution in [1.82, 2.24) is 5.32 Å². The van der Waals surface area contributed by atoms with Gasteiger partial charge >= 0.3 is 7.60 Å². The summed E-state index contributed by atoms with van der Waals surface area (Å²) in [5, 5.41) is 11.8. The van der Waals surface area contributed by atoms with Crippen molar-refractivity contribution in [2.75, 3.05) is 13.2 Å². The standard InChI is InChI=1S/C22H26N3O5P/c1-3-29-31(28,30-4-2)15-16-9-11-17(12-10-16)22(27)25-20(21(24)26)13-18-7-5-6-8-19(18)14-23/h5-12,20H,3-4,13,15H2,1-2H3,(H2,24,26)(H,25,27)/t20-/m0/s1. The van der Waals surface area contributed by atoms with Crippen LogP contribution in [0.3, 0.4) is 0 Å². The summed E-state index contributed by atoms with van der Waals surface area (Å²) < 4.78 is 23.2. The zero-order valence-electron chi connectivity index (χ0n) is 17.5. The first kappa shape index (κ1) is 24.3. The predicted octanol–water partition coefficient (Wildman–Crippen LogP) is 3.15. The van der Waals surface area contributed by atoms with Gasteiger partial charge in [-0.05, 0) is 43.2 Å². The number of benzene rings is 2. The van der Waals surface area contributed by atoms with E-state index in [4.69, 9.17) is 14.8 Å². The lowest BCUT2D eigenvalue weighted by Gasteiger charge is -2.18. The van der Waals surface area contributed by atoms with E-state index in [9.17, 15) is 19.4 Å². The molecule has 2 aromatic carbocycles. The molecule has 1 atom stereocenters. The van der Waals surface area contributed by atoms with E-state index in [-0.39, 0.29) is 25.8 Å². The average Bonchev–Trinajstić information content (AvgIpc) is 2.74. The average molecular weight is 443 g/mol. The molecular weight excluding hydrogens is 417 g/mol. The second-order valence-electron chi connectivity index (χ2n) is 6.70. The summed E-state index contributed by atoms with van der Waals surface area (Å²) in [5.74, 6) is -1.19. The molecule has 0 fully saturated rings. The van der Waals surface area contributed by atoms with Crippen molar-refractivity contribution in [3.8, 4) is 6.07 Å². The molecule has 2 rings (SSSR count). The van der Waals surface area contributed by atoms with Crippen molar-refractivity contribution in [3.05, 3.63) is 70.8 Å². The van der Waals surface area contributed by atoms with Gasteiger partial charge in [-0.3, -0.25) is 14.2 Å². The molecule has 164 valence electrons. The van der Waals surface area contributed by atoms with Gasteiger partial charge in [0.05, 0.1) is 31.0 Å². The number of nitriles is 1. The van der Waals surface area contributed by atoms with Gasteiger partial charge in [-0.1, -0.05) is 30.3 Å². The Kier molecular flexibility index (Phi) is 8.95. The van der Waals surface area contributed by atoms with E-state index in [1.807, 2.05) is 0 Å². The number of amides is 2. The number of nitrogens with zero attached hydrogens (tertiary/aromatic N) is 1. The number of carbonyl (C=O) groups is 2. The highest BCUT2D eigenvalue weighted by Crippen LogP contribution is 2.51. The molecule has 0 heterocycles. The summed E-state index contributed by atoms with van der Waals surface area (Å²) >= 11 is 0. The molecule has 9 heteroatoms. The van der Waals surface area contributed by atoms with E-state index in [1.165, 1.54) is 0 Å². The largest absolute Gasteiger partial charge is 0.368 e. The van der Waals surface area contributed by atoms with Gasteiger partial charge in [0, 0.05) is 12.0 Å². The van der Waals surface area contributed by atoms with Gasteiger partial charge in [-0.15, -0.1) is 0 Å². The molecule has 0 aliphatic carbocycles. The molecule has 2 amide bonds. The van der Waals surface area contributed by atoms with Crippen molar-refractivity contribution in [1.29, 1.82) is 5.26 Å². The van der Waals surface area contributed by atoms with Crippen LogP contribution >= 0.6 is 7.60 Å². The maximum absolute atomic E-state index is 12.6. The summed E-state index contributed by atoms with van der Waals surface area (Å²) in [7, 11) is -3.25. The molecule has 8 nitrogen and oxygen atoms in total. The van der Waals surface area contributed by atoms with Crippen LogP contribution in [0.4, 0.5) is 0 Å². The molecule has 0 aliphatic rings. The first-order valence-corrected chi connectivity index (χ1v) is 11.6. The van der Waals surface area contributed by atoms with E-state index in [0.717, 1.165) is 0 Å². The third-order valence-corrected chi connectivity index (χ3v) is 6.51. The molecule has 0 aliphatic heterocycles. The Bertz CT molecular complexity index is 991. The monoisotopic (exact) mass is 443 g/mol. The molecule has 0 saturated carbocycles. The van der Waals surface area contributed by atoms with Crippen LogP contribution in [0.15, 0.2) is 48.5 Å². The van der Waals surface area contributed by atoms with E-state index in [0.29, 0.717) is 22.3 Å². The highest BCUT2D eigenvalue weighted by molar-refractivity contribution is 7.53. The Balaban J connectivity index is 2.10. The molecule has 0 bridgehead atoms. The molecule has 0 radical (unpaired) electrons. The minimum Gasteiger partial charge on any atom is -0.368 e. The first-order chi connectivity index (χ1) is 14.8. The van der Waals surface area contributed by atoms with Crippen LogP contribution in [-0.2, 0) is 31.0 Å². The zero-order valence-corrected chi connectivity index (χ0v) is 18.4. The SMILES string of the molecule is CCOP(=O)(Cc1ccc(C(=O)N[C@@H](Cc2ccccc2C#N)C(N)=O)cc1)OCC. The summed E-state index contributed by atoms with van der Waals surface area (Å²) in [5.41, 5.74) is 7.49. The highest BCUT2D eigenvalue weighted by atomic mass is 31.2. The summed E-state index contributed by atoms with van der Waals surface area (Å²) in [6.45, 7) is 4.01. The fourth-order valence-corrected chi connectivity index (χ4v) is 4.70. The van der Waals surface area contributed by atoms with Crippen molar-refractivity contribution in [3.63, 3.8) is 0 Å². The second kappa shape index (κ2) is 11.4. The summed E-state index contributed by atoms with van der Waals surface area (Å²) in [4.78, 5) is 24.5. The van der Waals surface area contributed by atoms with Crippen molar-refractivity contribution in [2.45, 2.75) is 32.5 Å². The molecule has 0 spiro atoms. The van der Waals surface area contributed by atoms with Gasteiger partial charge in [0.1, 0.15) is 6.04 Å². The lowest BCUT2D eigenvalue weighted by Crippen LogP contribution is -2.46. The van der Waals surface area contributed by atoms with Crippen molar-refractivity contribution < 1.29 is 23.2 Å². The lowest BCUT2D eigenvalue weighted by atomic mass is 10.00. The quantitative estimate of drug-likeness (QED) is 0.513. The van der Waals surface area contributed by atoms with E-state index in [2.05, 4.69) is 11.4 Å². The minimum atomic E-state index is -3.25. The number of hydrogen-bond donors (Lipinski definition) is 2. The number of hydrogen-bond acceptors (Lipinski definition) is 6. The third kappa shape index (κ3) is 7.04. The van der Waals surface area contributed by atoms with Gasteiger partial charge in [-0.2, -0.15) is 5.26 Å². The third-order valence-electron chi connectivity index (χ3n) is 4.45. The molecule has 0 aromatic heterocycles. The Labute approximate surface area is 181 Å². The predicted molar refractivity (Wildman–Crippen MR) is 116 cm³/mol. The molecule has 0 unspecified atom stereocenters. The van der Waals surface area contributed by atoms with Gasteiger partial charge in [0.25, 0.3) is 5.91 Å². The van der Waals surface area contributed by atoms with Crippen LogP contribution in [0.25, 0.3) is 0 Å². The van der Waals surface area contributed by atoms with E-state index in [1.54, 1.807) is 62.4 Å². The maximum Gasteiger partial charge on any atom is 0.335 e. The summed E-state index contributed by atoms with van der Waals surface area (Å²) in [6, 6.07) is 14.3. The fourth-order valence-electron chi connectivity index (χ4n) is 3.00. The number of rotatable bonds is 11. The van der Waals surface area contributed by atoms with Crippen LogP contribution in [0.2, 0.25) is 0 Å². The molecule has 2 aromatic rings. The maximum atomic E-state index is 12.6.